The number of carbonyl (C=O) groups is 1. The largest absolute Gasteiger partial charge is 0.441 e. The molecule has 0 aromatic heterocycles. The highest BCUT2D eigenvalue weighted by atomic mass is 16.6. The van der Waals surface area contributed by atoms with E-state index in [9.17, 15) is 4.79 Å². The highest BCUT2D eigenvalue weighted by Crippen LogP contribution is 2.25. The minimum atomic E-state index is -0.903. The lowest BCUT2D eigenvalue weighted by Crippen LogP contribution is -2.51. The molecule has 1 aliphatic rings. The Hall–Kier alpha value is -0.870. The Balaban J connectivity index is 2.53. The molecule has 1 saturated carbocycles. The first-order chi connectivity index (χ1) is 6.06. The van der Waals surface area contributed by atoms with Crippen molar-refractivity contribution in [2.75, 3.05) is 0 Å². The van der Waals surface area contributed by atoms with Gasteiger partial charge in [-0.1, -0.05) is 6.58 Å². The third-order valence-corrected chi connectivity index (χ3v) is 2.09. The van der Waals surface area contributed by atoms with E-state index in [1.165, 1.54) is 0 Å². The van der Waals surface area contributed by atoms with Crippen molar-refractivity contribution in [2.45, 2.75) is 31.0 Å². The molecule has 73 valence electrons. The topological polar surface area (TPSA) is 78.3 Å². The molecular formula is C9H15N2O2. The molecule has 4 N–H and O–H groups in total. The van der Waals surface area contributed by atoms with E-state index in [1.807, 2.05) is 6.42 Å². The van der Waals surface area contributed by atoms with E-state index < -0.39 is 11.7 Å². The summed E-state index contributed by atoms with van der Waals surface area (Å²) in [5, 5.41) is 0. The smallest absolute Gasteiger partial charge is 0.331 e. The quantitative estimate of drug-likeness (QED) is 0.361. The number of nitrogens with two attached hydrogens (primary N) is 2. The van der Waals surface area contributed by atoms with Gasteiger partial charge in [0.05, 0.1) is 0 Å². The molecule has 1 radical (unpaired) electrons. The van der Waals surface area contributed by atoms with Crippen molar-refractivity contribution >= 4 is 5.97 Å². The van der Waals surface area contributed by atoms with Crippen LogP contribution in [0.3, 0.4) is 0 Å². The fourth-order valence-electron chi connectivity index (χ4n) is 1.46. The molecule has 1 fully saturated rings. The van der Waals surface area contributed by atoms with Crippen molar-refractivity contribution in [3.8, 4) is 0 Å². The zero-order valence-corrected chi connectivity index (χ0v) is 7.53. The summed E-state index contributed by atoms with van der Waals surface area (Å²) in [5.41, 5.74) is 10.6. The summed E-state index contributed by atoms with van der Waals surface area (Å²) in [5.74, 6) is -0.489. The summed E-state index contributed by atoms with van der Waals surface area (Å²) in [4.78, 5) is 10.9. The summed E-state index contributed by atoms with van der Waals surface area (Å²) in [6.07, 6.45) is 4.97. The molecular weight excluding hydrogens is 168 g/mol. The van der Waals surface area contributed by atoms with Gasteiger partial charge in [-0.05, 0) is 12.8 Å². The molecule has 0 heterocycles. The number of carbonyl (C=O) groups excluding carboxylic acids is 1. The molecule has 4 heteroatoms. The van der Waals surface area contributed by atoms with Gasteiger partial charge in [-0.3, -0.25) is 5.73 Å². The Bertz CT molecular complexity index is 218. The van der Waals surface area contributed by atoms with Crippen LogP contribution in [0.4, 0.5) is 0 Å². The number of hydrogen-bond acceptors (Lipinski definition) is 4. The Labute approximate surface area is 77.9 Å². The maximum Gasteiger partial charge on any atom is 0.331 e. The van der Waals surface area contributed by atoms with Gasteiger partial charge < -0.3 is 10.5 Å². The molecule has 0 aromatic rings. The van der Waals surface area contributed by atoms with E-state index >= 15 is 0 Å². The average molecular weight is 183 g/mol. The number of hydrogen-bond donors (Lipinski definition) is 2. The SMILES string of the molecule is C=CC(=O)OC1(N)CC[CH]C(N)C1. The van der Waals surface area contributed by atoms with Gasteiger partial charge in [-0.15, -0.1) is 0 Å². The van der Waals surface area contributed by atoms with E-state index in [1.54, 1.807) is 0 Å². The van der Waals surface area contributed by atoms with Gasteiger partial charge in [0.1, 0.15) is 0 Å². The number of ether oxygens (including phenoxy) is 1. The van der Waals surface area contributed by atoms with Gasteiger partial charge in [0.25, 0.3) is 0 Å². The molecule has 0 bridgehead atoms. The van der Waals surface area contributed by atoms with E-state index in [0.717, 1.165) is 12.5 Å². The molecule has 0 aliphatic heterocycles. The average Bonchev–Trinajstić information content (AvgIpc) is 2.02. The summed E-state index contributed by atoms with van der Waals surface area (Å²) >= 11 is 0. The lowest BCUT2D eigenvalue weighted by Gasteiger charge is -2.35. The van der Waals surface area contributed by atoms with Crippen LogP contribution >= 0.6 is 0 Å². The van der Waals surface area contributed by atoms with E-state index in [4.69, 9.17) is 16.2 Å². The molecule has 0 amide bonds. The maximum absolute atomic E-state index is 10.9. The van der Waals surface area contributed by atoms with Gasteiger partial charge in [0, 0.05) is 25.0 Å². The second kappa shape index (κ2) is 3.89. The molecule has 1 aliphatic carbocycles. The van der Waals surface area contributed by atoms with Crippen LogP contribution in [0.1, 0.15) is 19.3 Å². The van der Waals surface area contributed by atoms with Gasteiger partial charge in [-0.25, -0.2) is 4.79 Å². The Morgan fingerprint density at radius 3 is 3.00 bits per heavy atom. The van der Waals surface area contributed by atoms with Crippen LogP contribution in [-0.4, -0.2) is 17.7 Å². The van der Waals surface area contributed by atoms with Crippen molar-refractivity contribution in [3.05, 3.63) is 19.1 Å². The third-order valence-electron chi connectivity index (χ3n) is 2.09. The summed E-state index contributed by atoms with van der Waals surface area (Å²) < 4.78 is 5.02. The Kier molecular flexibility index (Phi) is 3.06. The number of esters is 1. The van der Waals surface area contributed by atoms with Crippen molar-refractivity contribution in [1.29, 1.82) is 0 Å². The van der Waals surface area contributed by atoms with Crippen LogP contribution in [0.15, 0.2) is 12.7 Å². The predicted octanol–water partition coefficient (Wildman–Crippen LogP) is 0.0861. The molecule has 2 unspecified atom stereocenters. The first kappa shape index (κ1) is 10.2. The minimum Gasteiger partial charge on any atom is -0.441 e. The maximum atomic E-state index is 10.9. The van der Waals surface area contributed by atoms with Crippen LogP contribution in [-0.2, 0) is 9.53 Å². The van der Waals surface area contributed by atoms with Crippen LogP contribution in [0.5, 0.6) is 0 Å². The van der Waals surface area contributed by atoms with Crippen LogP contribution < -0.4 is 11.5 Å². The monoisotopic (exact) mass is 183 g/mol. The third kappa shape index (κ3) is 2.82. The zero-order chi connectivity index (χ0) is 9.90. The van der Waals surface area contributed by atoms with Gasteiger partial charge in [0.15, 0.2) is 5.72 Å². The zero-order valence-electron chi connectivity index (χ0n) is 7.53. The summed E-state index contributed by atoms with van der Waals surface area (Å²) in [6.45, 7) is 3.31. The van der Waals surface area contributed by atoms with Gasteiger partial charge >= 0.3 is 5.97 Å². The first-order valence-corrected chi connectivity index (χ1v) is 4.29. The van der Waals surface area contributed by atoms with Gasteiger partial charge in [-0.2, -0.15) is 0 Å². The van der Waals surface area contributed by atoms with E-state index in [0.29, 0.717) is 12.8 Å². The first-order valence-electron chi connectivity index (χ1n) is 4.29. The second-order valence-electron chi connectivity index (χ2n) is 3.33. The standard InChI is InChI=1S/C9H15N2O2/c1-2-8(12)13-9(11)5-3-4-7(10)6-9/h2,4,7H,1,3,5-6,10-11H2. The van der Waals surface area contributed by atoms with Crippen LogP contribution in [0.25, 0.3) is 0 Å². The molecule has 4 nitrogen and oxygen atoms in total. The highest BCUT2D eigenvalue weighted by Gasteiger charge is 2.34. The predicted molar refractivity (Wildman–Crippen MR) is 49.3 cm³/mol. The molecule has 13 heavy (non-hydrogen) atoms. The Morgan fingerprint density at radius 2 is 2.46 bits per heavy atom. The fraction of sp³-hybridized carbons (Fsp3) is 0.556. The molecule has 0 aromatic carbocycles. The molecule has 2 atom stereocenters. The number of rotatable bonds is 2. The highest BCUT2D eigenvalue weighted by molar-refractivity contribution is 5.81. The summed E-state index contributed by atoms with van der Waals surface area (Å²) in [7, 11) is 0. The second-order valence-corrected chi connectivity index (χ2v) is 3.33. The molecule has 0 saturated heterocycles. The van der Waals surface area contributed by atoms with Crippen molar-refractivity contribution in [3.63, 3.8) is 0 Å². The van der Waals surface area contributed by atoms with Crippen molar-refractivity contribution in [1.82, 2.24) is 0 Å². The van der Waals surface area contributed by atoms with E-state index in [-0.39, 0.29) is 6.04 Å². The van der Waals surface area contributed by atoms with Crippen LogP contribution in [0.2, 0.25) is 0 Å². The minimum absolute atomic E-state index is 0.0867. The fourth-order valence-corrected chi connectivity index (χ4v) is 1.46. The van der Waals surface area contributed by atoms with Crippen molar-refractivity contribution < 1.29 is 9.53 Å². The van der Waals surface area contributed by atoms with Crippen LogP contribution in [0, 0.1) is 6.42 Å². The Morgan fingerprint density at radius 1 is 1.77 bits per heavy atom. The van der Waals surface area contributed by atoms with Gasteiger partial charge in [0.2, 0.25) is 0 Å². The van der Waals surface area contributed by atoms with Crippen molar-refractivity contribution in [2.24, 2.45) is 11.5 Å². The van der Waals surface area contributed by atoms with E-state index in [2.05, 4.69) is 6.58 Å². The summed E-state index contributed by atoms with van der Waals surface area (Å²) in [6, 6.07) is -0.0867. The normalized spacial score (nSPS) is 33.8. The lowest BCUT2D eigenvalue weighted by atomic mass is 9.89. The molecule has 1 rings (SSSR count). The lowest BCUT2D eigenvalue weighted by molar-refractivity contribution is -0.155. The molecule has 0 spiro atoms.